The molecule has 2 aromatic rings. The maximum atomic E-state index is 12.9. The lowest BCUT2D eigenvalue weighted by molar-refractivity contribution is -0.122. The Morgan fingerprint density at radius 1 is 1.19 bits per heavy atom. The standard InChI is InChI=1S/C19H15IN2O5/c1-10-4-3-5-12(6-10)22-18(25)13(17(24)21-19(22)26)7-11-8-14(20)16(23)15(9-11)27-2/h3-9,23H,1-2H3,(H,21,24,26)/b13-7-. The van der Waals surface area contributed by atoms with Crippen molar-refractivity contribution in [2.75, 3.05) is 12.0 Å². The molecule has 27 heavy (non-hydrogen) atoms. The Morgan fingerprint density at radius 3 is 2.59 bits per heavy atom. The molecule has 0 atom stereocenters. The van der Waals surface area contributed by atoms with Crippen molar-refractivity contribution in [3.63, 3.8) is 0 Å². The van der Waals surface area contributed by atoms with Gasteiger partial charge in [-0.2, -0.15) is 0 Å². The van der Waals surface area contributed by atoms with Gasteiger partial charge in [-0.25, -0.2) is 9.69 Å². The van der Waals surface area contributed by atoms with Crippen LogP contribution in [0.2, 0.25) is 0 Å². The summed E-state index contributed by atoms with van der Waals surface area (Å²) in [5.74, 6) is -1.33. The summed E-state index contributed by atoms with van der Waals surface area (Å²) in [6.07, 6.45) is 1.36. The zero-order valence-corrected chi connectivity index (χ0v) is 16.6. The second kappa shape index (κ2) is 7.39. The topological polar surface area (TPSA) is 95.9 Å². The molecule has 4 amide bonds. The number of hydrogen-bond donors (Lipinski definition) is 2. The second-order valence-corrected chi connectivity index (χ2v) is 7.01. The minimum absolute atomic E-state index is 0.0313. The molecule has 1 heterocycles. The largest absolute Gasteiger partial charge is 0.504 e. The van der Waals surface area contributed by atoms with E-state index in [0.29, 0.717) is 14.8 Å². The summed E-state index contributed by atoms with van der Waals surface area (Å²) in [5, 5.41) is 12.1. The normalized spacial score (nSPS) is 15.9. The maximum Gasteiger partial charge on any atom is 0.335 e. The molecule has 0 unspecified atom stereocenters. The Balaban J connectivity index is 2.06. The predicted octanol–water partition coefficient (Wildman–Crippen LogP) is 2.98. The Bertz CT molecular complexity index is 1000. The highest BCUT2D eigenvalue weighted by Gasteiger charge is 2.36. The molecule has 0 aliphatic carbocycles. The van der Waals surface area contributed by atoms with Crippen LogP contribution in [0.1, 0.15) is 11.1 Å². The summed E-state index contributed by atoms with van der Waals surface area (Å²) in [6.45, 7) is 1.84. The van der Waals surface area contributed by atoms with Crippen molar-refractivity contribution in [2.24, 2.45) is 0 Å². The highest BCUT2D eigenvalue weighted by atomic mass is 127. The number of phenols is 1. The SMILES string of the molecule is COc1cc(/C=C2/C(=O)NC(=O)N(c3cccc(C)c3)C2=O)cc(I)c1O. The molecular formula is C19H15IN2O5. The number of phenolic OH excluding ortho intramolecular Hbond substituents is 1. The van der Waals surface area contributed by atoms with Gasteiger partial charge >= 0.3 is 6.03 Å². The van der Waals surface area contributed by atoms with Crippen molar-refractivity contribution in [2.45, 2.75) is 6.92 Å². The van der Waals surface area contributed by atoms with Crippen LogP contribution >= 0.6 is 22.6 Å². The molecule has 2 N–H and O–H groups in total. The van der Waals surface area contributed by atoms with Crippen LogP contribution in [-0.2, 0) is 9.59 Å². The number of imide groups is 2. The van der Waals surface area contributed by atoms with Crippen LogP contribution in [0.3, 0.4) is 0 Å². The van der Waals surface area contributed by atoms with Gasteiger partial charge in [-0.15, -0.1) is 0 Å². The van der Waals surface area contributed by atoms with Crippen LogP contribution in [0, 0.1) is 10.5 Å². The van der Waals surface area contributed by atoms with E-state index in [1.165, 1.54) is 19.3 Å². The molecule has 8 heteroatoms. The number of halogens is 1. The molecule has 0 spiro atoms. The Labute approximate surface area is 168 Å². The molecule has 0 bridgehead atoms. The molecule has 1 aliphatic heterocycles. The highest BCUT2D eigenvalue weighted by molar-refractivity contribution is 14.1. The first kappa shape index (κ1) is 18.9. The Morgan fingerprint density at radius 2 is 1.93 bits per heavy atom. The number of rotatable bonds is 3. The number of methoxy groups -OCH3 is 1. The monoisotopic (exact) mass is 478 g/mol. The first-order chi connectivity index (χ1) is 12.8. The molecule has 0 saturated carbocycles. The van der Waals surface area contributed by atoms with E-state index in [1.54, 1.807) is 24.3 Å². The number of nitrogens with one attached hydrogen (secondary N) is 1. The van der Waals surface area contributed by atoms with E-state index in [0.717, 1.165) is 10.5 Å². The number of aromatic hydroxyl groups is 1. The van der Waals surface area contributed by atoms with Gasteiger partial charge in [0.2, 0.25) is 0 Å². The molecule has 1 fully saturated rings. The first-order valence-electron chi connectivity index (χ1n) is 7.86. The van der Waals surface area contributed by atoms with Gasteiger partial charge in [0, 0.05) is 0 Å². The Kier molecular flexibility index (Phi) is 5.17. The zero-order chi connectivity index (χ0) is 19.7. The van der Waals surface area contributed by atoms with Gasteiger partial charge in [-0.1, -0.05) is 12.1 Å². The van der Waals surface area contributed by atoms with E-state index < -0.39 is 17.8 Å². The summed E-state index contributed by atoms with van der Waals surface area (Å²) in [5.41, 5.74) is 1.52. The fourth-order valence-corrected chi connectivity index (χ4v) is 3.28. The van der Waals surface area contributed by atoms with Crippen LogP contribution in [0.4, 0.5) is 10.5 Å². The van der Waals surface area contributed by atoms with Crippen LogP contribution in [-0.4, -0.2) is 30.1 Å². The third-order valence-corrected chi connectivity index (χ3v) is 4.77. The maximum absolute atomic E-state index is 12.9. The number of amides is 4. The summed E-state index contributed by atoms with van der Waals surface area (Å²) < 4.78 is 5.59. The van der Waals surface area contributed by atoms with Crippen molar-refractivity contribution in [1.29, 1.82) is 0 Å². The van der Waals surface area contributed by atoms with Gasteiger partial charge in [-0.05, 0) is 71.0 Å². The van der Waals surface area contributed by atoms with Crippen molar-refractivity contribution < 1.29 is 24.2 Å². The van der Waals surface area contributed by atoms with Crippen molar-refractivity contribution >= 4 is 52.2 Å². The number of benzene rings is 2. The summed E-state index contributed by atoms with van der Waals surface area (Å²) in [4.78, 5) is 38.2. The average molecular weight is 478 g/mol. The number of ether oxygens (including phenoxy) is 1. The van der Waals surface area contributed by atoms with Crippen LogP contribution in [0.5, 0.6) is 11.5 Å². The molecule has 0 aromatic heterocycles. The lowest BCUT2D eigenvalue weighted by Gasteiger charge is -2.26. The minimum atomic E-state index is -0.800. The molecule has 1 aliphatic rings. The number of anilines is 1. The third kappa shape index (κ3) is 3.65. The van der Waals surface area contributed by atoms with Crippen LogP contribution in [0.15, 0.2) is 42.0 Å². The van der Waals surface area contributed by atoms with Gasteiger partial charge in [0.25, 0.3) is 11.8 Å². The van der Waals surface area contributed by atoms with E-state index in [4.69, 9.17) is 4.74 Å². The van der Waals surface area contributed by atoms with E-state index in [1.807, 2.05) is 35.6 Å². The van der Waals surface area contributed by atoms with E-state index in [9.17, 15) is 19.5 Å². The first-order valence-corrected chi connectivity index (χ1v) is 8.94. The number of urea groups is 1. The van der Waals surface area contributed by atoms with Gasteiger partial charge in [-0.3, -0.25) is 14.9 Å². The summed E-state index contributed by atoms with van der Waals surface area (Å²) in [7, 11) is 1.40. The van der Waals surface area contributed by atoms with Crippen LogP contribution in [0.25, 0.3) is 6.08 Å². The van der Waals surface area contributed by atoms with E-state index in [2.05, 4.69) is 5.32 Å². The molecule has 3 rings (SSSR count). The predicted molar refractivity (Wildman–Crippen MR) is 108 cm³/mol. The van der Waals surface area contributed by atoms with E-state index in [-0.39, 0.29) is 17.1 Å². The number of barbiturate groups is 1. The Hall–Kier alpha value is -2.88. The third-order valence-electron chi connectivity index (χ3n) is 3.94. The number of hydrogen-bond acceptors (Lipinski definition) is 5. The van der Waals surface area contributed by atoms with E-state index >= 15 is 0 Å². The molecule has 1 saturated heterocycles. The lowest BCUT2D eigenvalue weighted by Crippen LogP contribution is -2.54. The number of carbonyl (C=O) groups excluding carboxylic acids is 3. The molecule has 7 nitrogen and oxygen atoms in total. The lowest BCUT2D eigenvalue weighted by atomic mass is 10.1. The van der Waals surface area contributed by atoms with Gasteiger partial charge < -0.3 is 9.84 Å². The number of nitrogens with zero attached hydrogens (tertiary/aromatic N) is 1. The fraction of sp³-hybridized carbons (Fsp3) is 0.105. The van der Waals surface area contributed by atoms with Gasteiger partial charge in [0.05, 0.1) is 16.4 Å². The summed E-state index contributed by atoms with van der Waals surface area (Å²) >= 11 is 1.91. The van der Waals surface area contributed by atoms with Crippen molar-refractivity contribution in [3.8, 4) is 11.5 Å². The number of aryl methyl sites for hydroxylation is 1. The molecule has 2 aromatic carbocycles. The van der Waals surface area contributed by atoms with Crippen molar-refractivity contribution in [3.05, 3.63) is 56.7 Å². The van der Waals surface area contributed by atoms with Gasteiger partial charge in [0.1, 0.15) is 5.57 Å². The van der Waals surface area contributed by atoms with Gasteiger partial charge in [0.15, 0.2) is 11.5 Å². The van der Waals surface area contributed by atoms with Crippen LogP contribution < -0.4 is 15.0 Å². The zero-order valence-electron chi connectivity index (χ0n) is 14.4. The molecular weight excluding hydrogens is 463 g/mol. The summed E-state index contributed by atoms with van der Waals surface area (Å²) in [6, 6.07) is 9.14. The smallest absolute Gasteiger partial charge is 0.335 e. The second-order valence-electron chi connectivity index (χ2n) is 5.85. The highest BCUT2D eigenvalue weighted by Crippen LogP contribution is 2.33. The average Bonchev–Trinajstić information content (AvgIpc) is 2.61. The minimum Gasteiger partial charge on any atom is -0.504 e. The quantitative estimate of drug-likeness (QED) is 0.402. The molecule has 138 valence electrons. The molecule has 0 radical (unpaired) electrons. The number of carbonyl (C=O) groups is 3. The van der Waals surface area contributed by atoms with Crippen molar-refractivity contribution in [1.82, 2.24) is 5.32 Å². The fourth-order valence-electron chi connectivity index (χ4n) is 2.66.